The van der Waals surface area contributed by atoms with Gasteiger partial charge >= 0.3 is 5.97 Å². The smallest absolute Gasteiger partial charge is 0.329 e. The Balaban J connectivity index is 0.00000225. The molecule has 1 aromatic heterocycles. The van der Waals surface area contributed by atoms with Crippen LogP contribution in [0.5, 0.6) is 0 Å². The summed E-state index contributed by atoms with van der Waals surface area (Å²) < 4.78 is 6.97. The number of carboxylic acids is 1. The molecule has 1 heterocycles. The maximum absolute atomic E-state index is 10.1. The van der Waals surface area contributed by atoms with Gasteiger partial charge in [0.05, 0.1) is 5.69 Å². The molecule has 0 spiro atoms. The third-order valence-corrected chi connectivity index (χ3v) is 2.01. The van der Waals surface area contributed by atoms with Crippen LogP contribution >= 0.6 is 12.4 Å². The van der Waals surface area contributed by atoms with E-state index in [0.29, 0.717) is 6.61 Å². The first-order valence-corrected chi connectivity index (χ1v) is 4.89. The van der Waals surface area contributed by atoms with Crippen molar-refractivity contribution in [1.82, 2.24) is 9.55 Å². The van der Waals surface area contributed by atoms with E-state index in [9.17, 15) is 4.79 Å². The number of aliphatic carboxylic acids is 1. The van der Waals surface area contributed by atoms with Crippen LogP contribution in [-0.4, -0.2) is 33.8 Å². The van der Waals surface area contributed by atoms with E-state index in [1.165, 1.54) is 0 Å². The summed E-state index contributed by atoms with van der Waals surface area (Å²) in [4.78, 5) is 14.4. The Morgan fingerprint density at radius 1 is 1.56 bits per heavy atom. The predicted octanol–water partition coefficient (Wildman–Crippen LogP) is 1.41. The van der Waals surface area contributed by atoms with Crippen LogP contribution in [0.25, 0.3) is 0 Å². The lowest BCUT2D eigenvalue weighted by Crippen LogP contribution is -2.09. The van der Waals surface area contributed by atoms with Gasteiger partial charge in [-0.3, -0.25) is 0 Å². The van der Waals surface area contributed by atoms with Gasteiger partial charge in [-0.1, -0.05) is 0 Å². The Morgan fingerprint density at radius 3 is 2.75 bits per heavy atom. The molecule has 0 amide bonds. The average Bonchev–Trinajstić information content (AvgIpc) is 2.44. The number of carbonyl (C=O) groups is 1. The van der Waals surface area contributed by atoms with Gasteiger partial charge in [-0.15, -0.1) is 12.4 Å². The molecule has 0 unspecified atom stereocenters. The Bertz CT molecular complexity index is 339. The second-order valence-corrected chi connectivity index (χ2v) is 3.42. The van der Waals surface area contributed by atoms with Crippen molar-refractivity contribution in [1.29, 1.82) is 0 Å². The van der Waals surface area contributed by atoms with E-state index in [1.54, 1.807) is 0 Å². The van der Waals surface area contributed by atoms with E-state index < -0.39 is 5.97 Å². The van der Waals surface area contributed by atoms with Crippen LogP contribution in [-0.2, 0) is 16.1 Å². The fraction of sp³-hybridized carbons (Fsp3) is 0.600. The number of nitrogens with zero attached hydrogens (tertiary/aromatic N) is 2. The molecule has 0 aliphatic heterocycles. The molecule has 0 bridgehead atoms. The molecule has 0 atom stereocenters. The minimum atomic E-state index is -0.926. The highest BCUT2D eigenvalue weighted by Crippen LogP contribution is 2.02. The van der Waals surface area contributed by atoms with Crippen LogP contribution in [0.1, 0.15) is 17.9 Å². The highest BCUT2D eigenvalue weighted by atomic mass is 35.5. The van der Waals surface area contributed by atoms with Crippen LogP contribution in [0.2, 0.25) is 0 Å². The molecule has 92 valence electrons. The van der Waals surface area contributed by atoms with Gasteiger partial charge in [-0.25, -0.2) is 9.78 Å². The van der Waals surface area contributed by atoms with Crippen molar-refractivity contribution >= 4 is 18.4 Å². The lowest BCUT2D eigenvalue weighted by Gasteiger charge is -2.04. The van der Waals surface area contributed by atoms with E-state index in [0.717, 1.165) is 24.5 Å². The van der Waals surface area contributed by atoms with E-state index in [4.69, 9.17) is 9.84 Å². The number of imidazole rings is 1. The molecule has 1 aromatic rings. The lowest BCUT2D eigenvalue weighted by atomic mass is 10.4. The first-order chi connectivity index (χ1) is 7.09. The number of ether oxygens (including phenoxy) is 1. The summed E-state index contributed by atoms with van der Waals surface area (Å²) in [5.74, 6) is 0.0513. The molecule has 0 saturated carbocycles. The summed E-state index contributed by atoms with van der Waals surface area (Å²) in [6.45, 7) is 4.95. The van der Waals surface area contributed by atoms with Gasteiger partial charge < -0.3 is 14.4 Å². The second kappa shape index (κ2) is 7.24. The van der Waals surface area contributed by atoms with Crippen LogP contribution in [0, 0.1) is 13.8 Å². The van der Waals surface area contributed by atoms with Gasteiger partial charge in [0, 0.05) is 19.3 Å². The van der Waals surface area contributed by atoms with Gasteiger partial charge in [0.1, 0.15) is 12.4 Å². The highest BCUT2D eigenvalue weighted by Gasteiger charge is 2.00. The third kappa shape index (κ3) is 5.14. The number of aryl methyl sites for hydroxylation is 3. The predicted molar refractivity (Wildman–Crippen MR) is 62.0 cm³/mol. The van der Waals surface area contributed by atoms with Gasteiger partial charge in [0.15, 0.2) is 0 Å². The minimum absolute atomic E-state index is 0. The van der Waals surface area contributed by atoms with Crippen molar-refractivity contribution in [2.24, 2.45) is 0 Å². The van der Waals surface area contributed by atoms with Gasteiger partial charge in [0.2, 0.25) is 0 Å². The standard InChI is InChI=1S/C10H16N2O3.ClH/c1-8-6-12(9(2)11-8)4-3-5-15-7-10(13)14;/h6H,3-5,7H2,1-2H3,(H,13,14);1H. The summed E-state index contributed by atoms with van der Waals surface area (Å²) in [6, 6.07) is 0. The number of rotatable bonds is 6. The Labute approximate surface area is 101 Å². The fourth-order valence-corrected chi connectivity index (χ4v) is 1.39. The molecule has 0 fully saturated rings. The lowest BCUT2D eigenvalue weighted by molar-refractivity contribution is -0.142. The zero-order valence-corrected chi connectivity index (χ0v) is 10.3. The summed E-state index contributed by atoms with van der Waals surface area (Å²) in [7, 11) is 0. The largest absolute Gasteiger partial charge is 0.480 e. The number of hydrogen-bond donors (Lipinski definition) is 1. The Morgan fingerprint density at radius 2 is 2.25 bits per heavy atom. The molecule has 16 heavy (non-hydrogen) atoms. The van der Waals surface area contributed by atoms with Gasteiger partial charge in [-0.05, 0) is 20.3 Å². The third-order valence-electron chi connectivity index (χ3n) is 2.01. The summed E-state index contributed by atoms with van der Waals surface area (Å²) in [6.07, 6.45) is 2.77. The SMILES string of the molecule is Cc1cn(CCCOCC(=O)O)c(C)n1.Cl. The van der Waals surface area contributed by atoms with E-state index in [-0.39, 0.29) is 19.0 Å². The van der Waals surface area contributed by atoms with E-state index in [2.05, 4.69) is 4.98 Å². The van der Waals surface area contributed by atoms with Gasteiger partial charge in [0.25, 0.3) is 0 Å². The number of halogens is 1. The molecule has 0 saturated heterocycles. The van der Waals surface area contributed by atoms with Crippen LogP contribution in [0.4, 0.5) is 0 Å². The zero-order valence-electron chi connectivity index (χ0n) is 9.47. The summed E-state index contributed by atoms with van der Waals surface area (Å²) >= 11 is 0. The van der Waals surface area contributed by atoms with Crippen molar-refractivity contribution in [2.45, 2.75) is 26.8 Å². The molecule has 0 aliphatic carbocycles. The Kier molecular flexibility index (Phi) is 6.76. The quantitative estimate of drug-likeness (QED) is 0.774. The molecule has 0 aromatic carbocycles. The molecule has 5 nitrogen and oxygen atoms in total. The molecule has 6 heteroatoms. The summed E-state index contributed by atoms with van der Waals surface area (Å²) in [5, 5.41) is 8.34. The highest BCUT2D eigenvalue weighted by molar-refractivity contribution is 5.85. The molecular formula is C10H17ClN2O3. The first kappa shape index (κ1) is 14.9. The normalized spacial score (nSPS) is 9.88. The van der Waals surface area contributed by atoms with Crippen LogP contribution in [0.15, 0.2) is 6.20 Å². The number of carboxylic acid groups (broad SMARTS) is 1. The maximum Gasteiger partial charge on any atom is 0.329 e. The maximum atomic E-state index is 10.1. The Hall–Kier alpha value is -1.07. The van der Waals surface area contributed by atoms with Crippen molar-refractivity contribution in [2.75, 3.05) is 13.2 Å². The second-order valence-electron chi connectivity index (χ2n) is 3.42. The zero-order chi connectivity index (χ0) is 11.3. The fourth-order valence-electron chi connectivity index (χ4n) is 1.39. The van der Waals surface area contributed by atoms with Crippen molar-refractivity contribution in [3.63, 3.8) is 0 Å². The molecule has 0 aliphatic rings. The minimum Gasteiger partial charge on any atom is -0.480 e. The molecule has 1 N–H and O–H groups in total. The molecular weight excluding hydrogens is 232 g/mol. The number of aromatic nitrogens is 2. The van der Waals surface area contributed by atoms with Crippen molar-refractivity contribution in [3.05, 3.63) is 17.7 Å². The van der Waals surface area contributed by atoms with E-state index >= 15 is 0 Å². The van der Waals surface area contributed by atoms with E-state index in [1.807, 2.05) is 24.6 Å². The molecule has 1 rings (SSSR count). The van der Waals surface area contributed by atoms with Gasteiger partial charge in [-0.2, -0.15) is 0 Å². The monoisotopic (exact) mass is 248 g/mol. The average molecular weight is 249 g/mol. The van der Waals surface area contributed by atoms with Crippen molar-refractivity contribution < 1.29 is 14.6 Å². The topological polar surface area (TPSA) is 64.3 Å². The first-order valence-electron chi connectivity index (χ1n) is 4.89. The van der Waals surface area contributed by atoms with Crippen LogP contribution < -0.4 is 0 Å². The number of hydrogen-bond acceptors (Lipinski definition) is 3. The van der Waals surface area contributed by atoms with Crippen LogP contribution in [0.3, 0.4) is 0 Å². The molecule has 0 radical (unpaired) electrons. The van der Waals surface area contributed by atoms with Crippen molar-refractivity contribution in [3.8, 4) is 0 Å². The summed E-state index contributed by atoms with van der Waals surface area (Å²) in [5.41, 5.74) is 0.999.